The zero-order chi connectivity index (χ0) is 27.0. The number of aryl methyl sites for hydroxylation is 2. The van der Waals surface area contributed by atoms with Gasteiger partial charge in [-0.1, -0.05) is 35.1 Å². The van der Waals surface area contributed by atoms with Gasteiger partial charge < -0.3 is 14.2 Å². The maximum atomic E-state index is 12.5. The van der Waals surface area contributed by atoms with E-state index in [1.807, 2.05) is 32.0 Å². The lowest BCUT2D eigenvalue weighted by atomic mass is 10.1. The van der Waals surface area contributed by atoms with Gasteiger partial charge in [0.05, 0.1) is 20.3 Å². The zero-order valence-electron chi connectivity index (χ0n) is 20.8. The number of benzene rings is 2. The van der Waals surface area contributed by atoms with Crippen LogP contribution in [0.15, 0.2) is 46.3 Å². The minimum absolute atomic E-state index is 0.0329. The lowest BCUT2D eigenvalue weighted by Gasteiger charge is -2.13. The summed E-state index contributed by atoms with van der Waals surface area (Å²) < 4.78 is 39.9. The maximum Gasteiger partial charge on any atom is 0.268 e. The second kappa shape index (κ2) is 12.3. The number of hydrogen-bond donors (Lipinski definition) is 1. The molecule has 2 aromatic carbocycles. The summed E-state index contributed by atoms with van der Waals surface area (Å²) in [5.74, 6) is 1.04. The largest absolute Gasteiger partial charge is 0.493 e. The van der Waals surface area contributed by atoms with Crippen LogP contribution in [-0.2, 0) is 14.6 Å². The number of amides is 1. The summed E-state index contributed by atoms with van der Waals surface area (Å²) in [7, 11) is -2.06. The number of carbonyl (C=O) groups is 1. The van der Waals surface area contributed by atoms with E-state index in [9.17, 15) is 18.5 Å². The number of anilines is 1. The van der Waals surface area contributed by atoms with E-state index in [1.54, 1.807) is 18.2 Å². The van der Waals surface area contributed by atoms with Gasteiger partial charge in [-0.15, -0.1) is 10.2 Å². The first-order valence-corrected chi connectivity index (χ1v) is 13.8. The molecule has 0 saturated carbocycles. The van der Waals surface area contributed by atoms with Crippen molar-refractivity contribution < 1.29 is 27.4 Å². The third-order valence-electron chi connectivity index (χ3n) is 4.94. The van der Waals surface area contributed by atoms with Crippen LogP contribution in [0.4, 0.5) is 5.13 Å². The molecule has 0 bridgehead atoms. The summed E-state index contributed by atoms with van der Waals surface area (Å²) in [4.78, 5) is 12.5. The topological polar surface area (TPSA) is 140 Å². The van der Waals surface area contributed by atoms with E-state index < -0.39 is 15.7 Å². The van der Waals surface area contributed by atoms with Crippen LogP contribution >= 0.6 is 11.3 Å². The van der Waals surface area contributed by atoms with Gasteiger partial charge in [-0.25, -0.2) is 8.42 Å². The molecule has 3 rings (SSSR count). The molecular weight excluding hydrogens is 516 g/mol. The van der Waals surface area contributed by atoms with Gasteiger partial charge in [-0.05, 0) is 49.2 Å². The third kappa shape index (κ3) is 7.77. The minimum atomic E-state index is -3.55. The Bertz CT molecular complexity index is 1460. The molecule has 0 atom stereocenters. The molecule has 1 N–H and O–H groups in total. The number of sulfone groups is 1. The molecule has 1 aromatic heterocycles. The highest BCUT2D eigenvalue weighted by Crippen LogP contribution is 2.29. The van der Waals surface area contributed by atoms with Crippen LogP contribution in [0.1, 0.15) is 23.1 Å². The van der Waals surface area contributed by atoms with E-state index in [-0.39, 0.29) is 15.0 Å². The summed E-state index contributed by atoms with van der Waals surface area (Å²) in [5.41, 5.74) is 2.58. The predicted octanol–water partition coefficient (Wildman–Crippen LogP) is 3.96. The average Bonchev–Trinajstić information content (AvgIpc) is 3.33. The lowest BCUT2D eigenvalue weighted by Crippen LogP contribution is -2.13. The molecule has 194 valence electrons. The van der Waals surface area contributed by atoms with Crippen LogP contribution in [0.25, 0.3) is 6.08 Å². The van der Waals surface area contributed by atoms with Gasteiger partial charge in [0, 0.05) is 12.7 Å². The van der Waals surface area contributed by atoms with Crippen LogP contribution in [-0.4, -0.2) is 51.1 Å². The van der Waals surface area contributed by atoms with E-state index in [1.165, 1.54) is 18.7 Å². The number of aromatic nitrogens is 2. The normalized spacial score (nSPS) is 11.5. The Kier molecular flexibility index (Phi) is 9.21. The molecule has 0 unspecified atom stereocenters. The first kappa shape index (κ1) is 27.6. The van der Waals surface area contributed by atoms with Crippen LogP contribution in [0.5, 0.6) is 17.2 Å². The second-order valence-corrected chi connectivity index (χ2v) is 11.2. The minimum Gasteiger partial charge on any atom is -0.493 e. The Morgan fingerprint density at radius 2 is 1.78 bits per heavy atom. The highest BCUT2D eigenvalue weighted by molar-refractivity contribution is 7.92. The number of methoxy groups -OCH3 is 1. The number of hydrogen-bond acceptors (Lipinski definition) is 10. The summed E-state index contributed by atoms with van der Waals surface area (Å²) >= 11 is 0.697. The molecule has 12 heteroatoms. The van der Waals surface area contributed by atoms with Crippen molar-refractivity contribution in [2.45, 2.75) is 24.6 Å². The van der Waals surface area contributed by atoms with Gasteiger partial charge in [0.2, 0.25) is 19.3 Å². The molecule has 1 amide bonds. The molecule has 3 aromatic rings. The van der Waals surface area contributed by atoms with Crippen LogP contribution in [0.2, 0.25) is 0 Å². The highest BCUT2D eigenvalue weighted by Gasteiger charge is 2.17. The third-order valence-corrected chi connectivity index (χ3v) is 7.45. The van der Waals surface area contributed by atoms with Crippen molar-refractivity contribution in [3.8, 4) is 23.3 Å². The quantitative estimate of drug-likeness (QED) is 0.165. The summed E-state index contributed by atoms with van der Waals surface area (Å²) in [6.45, 7) is 4.94. The van der Waals surface area contributed by atoms with Gasteiger partial charge in [-0.2, -0.15) is 5.26 Å². The van der Waals surface area contributed by atoms with Crippen molar-refractivity contribution in [3.05, 3.63) is 58.7 Å². The highest BCUT2D eigenvalue weighted by atomic mass is 32.2. The fourth-order valence-corrected chi connectivity index (χ4v) is 4.67. The molecular formula is C25H26N4O6S2. The molecule has 0 spiro atoms. The summed E-state index contributed by atoms with van der Waals surface area (Å²) in [6, 6.07) is 12.9. The second-order valence-electron chi connectivity index (χ2n) is 8.00. The molecule has 0 aliphatic carbocycles. The molecule has 0 fully saturated rings. The number of nitriles is 1. The number of nitrogens with one attached hydrogen (secondary N) is 1. The molecule has 0 saturated heterocycles. The molecule has 0 radical (unpaired) electrons. The van der Waals surface area contributed by atoms with Gasteiger partial charge >= 0.3 is 0 Å². The van der Waals surface area contributed by atoms with Gasteiger partial charge in [0.15, 0.2) is 11.5 Å². The number of carbonyl (C=O) groups excluding carboxylic acids is 1. The Morgan fingerprint density at radius 3 is 2.41 bits per heavy atom. The SMILES string of the molecule is COc1cc(/C=C(/C#N)C(=O)Nc2nnc(S(C)(=O)=O)s2)ccc1OCCCOc1ccc(C)cc1C. The van der Waals surface area contributed by atoms with E-state index >= 15 is 0 Å². The molecule has 1 heterocycles. The van der Waals surface area contributed by atoms with Gasteiger partial charge in [0.1, 0.15) is 17.4 Å². The van der Waals surface area contributed by atoms with Crippen molar-refractivity contribution in [2.24, 2.45) is 0 Å². The van der Waals surface area contributed by atoms with E-state index in [0.29, 0.717) is 48.0 Å². The van der Waals surface area contributed by atoms with E-state index in [4.69, 9.17) is 14.2 Å². The number of ether oxygens (including phenoxy) is 3. The van der Waals surface area contributed by atoms with Crippen molar-refractivity contribution in [1.29, 1.82) is 5.26 Å². The van der Waals surface area contributed by atoms with Crippen LogP contribution in [0.3, 0.4) is 0 Å². The van der Waals surface area contributed by atoms with E-state index in [2.05, 4.69) is 21.6 Å². The molecule has 0 aliphatic rings. The first-order chi connectivity index (χ1) is 17.6. The summed E-state index contributed by atoms with van der Waals surface area (Å²) in [6.07, 6.45) is 3.02. The van der Waals surface area contributed by atoms with Crippen molar-refractivity contribution in [3.63, 3.8) is 0 Å². The van der Waals surface area contributed by atoms with E-state index in [0.717, 1.165) is 17.6 Å². The van der Waals surface area contributed by atoms with Crippen molar-refractivity contribution >= 4 is 38.3 Å². The Labute approximate surface area is 219 Å². The molecule has 37 heavy (non-hydrogen) atoms. The Morgan fingerprint density at radius 1 is 1.08 bits per heavy atom. The first-order valence-electron chi connectivity index (χ1n) is 11.1. The smallest absolute Gasteiger partial charge is 0.268 e. The maximum absolute atomic E-state index is 12.5. The van der Waals surface area contributed by atoms with Gasteiger partial charge in [-0.3, -0.25) is 10.1 Å². The number of nitrogens with zero attached hydrogens (tertiary/aromatic N) is 3. The summed E-state index contributed by atoms with van der Waals surface area (Å²) in [5, 5.41) is 19.0. The standard InChI is InChI=1S/C25H26N4O6S2/c1-16-6-8-20(17(2)12-16)34-10-5-11-35-21-9-7-18(14-22(21)33-3)13-19(15-26)23(30)27-24-28-29-25(36-24)37(4,31)32/h6-9,12-14H,5,10-11H2,1-4H3,(H,27,28,30)/b19-13-. The van der Waals surface area contributed by atoms with Crippen LogP contribution < -0.4 is 19.5 Å². The fourth-order valence-electron chi connectivity index (χ4n) is 3.17. The van der Waals surface area contributed by atoms with Crippen LogP contribution in [0, 0.1) is 25.2 Å². The fraction of sp³-hybridized carbons (Fsp3) is 0.280. The lowest BCUT2D eigenvalue weighted by molar-refractivity contribution is -0.112. The molecule has 0 aliphatic heterocycles. The predicted molar refractivity (Wildman–Crippen MR) is 140 cm³/mol. The number of rotatable bonds is 11. The molecule has 10 nitrogen and oxygen atoms in total. The van der Waals surface area contributed by atoms with Crippen molar-refractivity contribution in [2.75, 3.05) is 31.9 Å². The zero-order valence-corrected chi connectivity index (χ0v) is 22.4. The van der Waals surface area contributed by atoms with Gasteiger partial charge in [0.25, 0.3) is 5.91 Å². The Balaban J connectivity index is 1.59. The monoisotopic (exact) mass is 542 g/mol. The Hall–Kier alpha value is -3.95. The average molecular weight is 543 g/mol. The van der Waals surface area contributed by atoms with Crippen molar-refractivity contribution in [1.82, 2.24) is 10.2 Å².